The van der Waals surface area contributed by atoms with Gasteiger partial charge < -0.3 is 15.7 Å². The van der Waals surface area contributed by atoms with E-state index in [2.05, 4.69) is 0 Å². The van der Waals surface area contributed by atoms with Crippen LogP contribution in [0, 0.1) is 5.82 Å². The number of rotatable bonds is 6. The molecular weight excluding hydrogens is 219 g/mol. The van der Waals surface area contributed by atoms with Crippen molar-refractivity contribution in [3.05, 3.63) is 29.6 Å². The van der Waals surface area contributed by atoms with Crippen LogP contribution in [0.4, 0.5) is 10.1 Å². The molecule has 0 saturated heterocycles. The van der Waals surface area contributed by atoms with E-state index in [-0.39, 0.29) is 18.5 Å². The molecule has 0 spiro atoms. The molecule has 96 valence electrons. The smallest absolute Gasteiger partial charge is 0.146 e. The van der Waals surface area contributed by atoms with Crippen molar-refractivity contribution in [1.82, 2.24) is 0 Å². The monoisotopic (exact) mass is 240 g/mol. The Morgan fingerprint density at radius 1 is 1.41 bits per heavy atom. The molecular formula is C13H21FN2O. The van der Waals surface area contributed by atoms with Gasteiger partial charge in [-0.3, -0.25) is 0 Å². The van der Waals surface area contributed by atoms with Gasteiger partial charge in [0.25, 0.3) is 0 Å². The Morgan fingerprint density at radius 3 is 2.59 bits per heavy atom. The molecule has 4 heteroatoms. The van der Waals surface area contributed by atoms with Crippen molar-refractivity contribution in [2.75, 3.05) is 24.6 Å². The van der Waals surface area contributed by atoms with Gasteiger partial charge in [0.1, 0.15) is 5.82 Å². The summed E-state index contributed by atoms with van der Waals surface area (Å²) < 4.78 is 13.9. The molecule has 3 nitrogen and oxygen atoms in total. The summed E-state index contributed by atoms with van der Waals surface area (Å²) in [6.45, 7) is 5.05. The molecule has 1 atom stereocenters. The average Bonchev–Trinajstić information content (AvgIpc) is 2.28. The van der Waals surface area contributed by atoms with E-state index in [0.717, 1.165) is 18.5 Å². The van der Waals surface area contributed by atoms with Gasteiger partial charge in [-0.1, -0.05) is 13.0 Å². The number of nitrogens with zero attached hydrogens (tertiary/aromatic N) is 1. The van der Waals surface area contributed by atoms with Crippen LogP contribution in [0.5, 0.6) is 0 Å². The molecule has 0 saturated carbocycles. The number of anilines is 1. The van der Waals surface area contributed by atoms with Crippen molar-refractivity contribution in [2.45, 2.75) is 26.3 Å². The third kappa shape index (κ3) is 3.68. The number of nitrogens with two attached hydrogens (primary N) is 1. The van der Waals surface area contributed by atoms with Crippen molar-refractivity contribution >= 4 is 5.69 Å². The third-order valence-electron chi connectivity index (χ3n) is 2.70. The molecule has 0 radical (unpaired) electrons. The van der Waals surface area contributed by atoms with Crippen molar-refractivity contribution in [3.63, 3.8) is 0 Å². The Balaban J connectivity index is 2.95. The number of aliphatic hydroxyl groups is 1. The van der Waals surface area contributed by atoms with Crippen LogP contribution in [0.2, 0.25) is 0 Å². The molecule has 1 aromatic rings. The lowest BCUT2D eigenvalue weighted by molar-refractivity contribution is 0.301. The number of hydrogen-bond acceptors (Lipinski definition) is 3. The van der Waals surface area contributed by atoms with E-state index >= 15 is 0 Å². The molecule has 0 amide bonds. The van der Waals surface area contributed by atoms with Gasteiger partial charge in [-0.05, 0) is 31.0 Å². The lowest BCUT2D eigenvalue weighted by Gasteiger charge is -2.24. The number of halogens is 1. The number of hydrogen-bond donors (Lipinski definition) is 2. The summed E-state index contributed by atoms with van der Waals surface area (Å²) >= 11 is 0. The Labute approximate surface area is 102 Å². The first-order valence-corrected chi connectivity index (χ1v) is 6.01. The fraction of sp³-hybridized carbons (Fsp3) is 0.538. The van der Waals surface area contributed by atoms with E-state index in [9.17, 15) is 4.39 Å². The predicted octanol–water partition coefficient (Wildman–Crippen LogP) is 2.05. The minimum Gasteiger partial charge on any atom is -0.395 e. The highest BCUT2D eigenvalue weighted by atomic mass is 19.1. The lowest BCUT2D eigenvalue weighted by Crippen LogP contribution is -2.28. The van der Waals surface area contributed by atoms with E-state index < -0.39 is 0 Å². The van der Waals surface area contributed by atoms with Crippen LogP contribution >= 0.6 is 0 Å². The number of aliphatic hydroxyl groups excluding tert-OH is 1. The van der Waals surface area contributed by atoms with E-state index in [1.165, 1.54) is 6.07 Å². The Hall–Kier alpha value is -1.13. The van der Waals surface area contributed by atoms with Gasteiger partial charge in [-0.15, -0.1) is 0 Å². The van der Waals surface area contributed by atoms with Crippen LogP contribution in [0.1, 0.15) is 31.9 Å². The highest BCUT2D eigenvalue weighted by molar-refractivity contribution is 5.49. The Bertz CT molecular complexity index is 349. The molecule has 17 heavy (non-hydrogen) atoms. The summed E-state index contributed by atoms with van der Waals surface area (Å²) in [5.74, 6) is -0.276. The maximum absolute atomic E-state index is 13.9. The van der Waals surface area contributed by atoms with Gasteiger partial charge in [-0.25, -0.2) is 4.39 Å². The van der Waals surface area contributed by atoms with E-state index in [4.69, 9.17) is 10.8 Å². The van der Waals surface area contributed by atoms with Crippen LogP contribution in [-0.4, -0.2) is 24.8 Å². The molecule has 0 aliphatic heterocycles. The minimum absolute atomic E-state index is 0.0223. The van der Waals surface area contributed by atoms with Gasteiger partial charge >= 0.3 is 0 Å². The first-order valence-electron chi connectivity index (χ1n) is 6.01. The fourth-order valence-corrected chi connectivity index (χ4v) is 1.81. The van der Waals surface area contributed by atoms with Gasteiger partial charge in [0, 0.05) is 19.1 Å². The quantitative estimate of drug-likeness (QED) is 0.800. The zero-order valence-electron chi connectivity index (χ0n) is 10.5. The first-order chi connectivity index (χ1) is 8.10. The zero-order chi connectivity index (χ0) is 12.8. The topological polar surface area (TPSA) is 49.5 Å². The molecule has 1 unspecified atom stereocenters. The molecule has 1 aromatic carbocycles. The summed E-state index contributed by atoms with van der Waals surface area (Å²) in [7, 11) is 0. The van der Waals surface area contributed by atoms with Crippen molar-refractivity contribution in [2.24, 2.45) is 5.73 Å². The summed E-state index contributed by atoms with van der Waals surface area (Å²) in [4.78, 5) is 1.85. The van der Waals surface area contributed by atoms with Crippen LogP contribution in [-0.2, 0) is 0 Å². The molecule has 0 bridgehead atoms. The predicted molar refractivity (Wildman–Crippen MR) is 68.6 cm³/mol. The Kier molecular flexibility index (Phi) is 5.38. The minimum atomic E-state index is -0.276. The van der Waals surface area contributed by atoms with Crippen LogP contribution < -0.4 is 10.6 Å². The molecule has 0 aromatic heterocycles. The zero-order valence-corrected chi connectivity index (χ0v) is 10.5. The Morgan fingerprint density at radius 2 is 2.12 bits per heavy atom. The second-order valence-corrected chi connectivity index (χ2v) is 4.21. The first kappa shape index (κ1) is 13.9. The largest absolute Gasteiger partial charge is 0.395 e. The molecule has 0 aliphatic rings. The van der Waals surface area contributed by atoms with Gasteiger partial charge in [-0.2, -0.15) is 0 Å². The standard InChI is InChI=1S/C13H21FN2O/c1-3-6-16(7-8-17)13-5-4-11(10(2)15)9-12(13)14/h4-5,9-10,17H,3,6-8,15H2,1-2H3. The summed E-state index contributed by atoms with van der Waals surface area (Å²) in [5, 5.41) is 8.97. The normalized spacial score (nSPS) is 12.5. The molecule has 1 rings (SSSR count). The molecule has 0 heterocycles. The van der Waals surface area contributed by atoms with E-state index in [1.807, 2.05) is 24.8 Å². The lowest BCUT2D eigenvalue weighted by atomic mass is 10.1. The second-order valence-electron chi connectivity index (χ2n) is 4.21. The van der Waals surface area contributed by atoms with Crippen molar-refractivity contribution in [1.29, 1.82) is 0 Å². The molecule has 3 N–H and O–H groups in total. The molecule has 0 fully saturated rings. The summed E-state index contributed by atoms with van der Waals surface area (Å²) in [5.41, 5.74) is 7.02. The van der Waals surface area contributed by atoms with E-state index in [1.54, 1.807) is 6.07 Å². The van der Waals surface area contributed by atoms with Crippen molar-refractivity contribution < 1.29 is 9.50 Å². The maximum Gasteiger partial charge on any atom is 0.146 e. The highest BCUT2D eigenvalue weighted by Gasteiger charge is 2.12. The van der Waals surface area contributed by atoms with Crippen LogP contribution in [0.25, 0.3) is 0 Å². The summed E-state index contributed by atoms with van der Waals surface area (Å²) in [6, 6.07) is 4.87. The van der Waals surface area contributed by atoms with Crippen molar-refractivity contribution in [3.8, 4) is 0 Å². The molecule has 0 aliphatic carbocycles. The van der Waals surface area contributed by atoms with Gasteiger partial charge in [0.05, 0.1) is 12.3 Å². The third-order valence-corrected chi connectivity index (χ3v) is 2.70. The van der Waals surface area contributed by atoms with E-state index in [0.29, 0.717) is 12.2 Å². The maximum atomic E-state index is 13.9. The average molecular weight is 240 g/mol. The second kappa shape index (κ2) is 6.57. The fourth-order valence-electron chi connectivity index (χ4n) is 1.81. The van der Waals surface area contributed by atoms with Crippen LogP contribution in [0.15, 0.2) is 18.2 Å². The van der Waals surface area contributed by atoms with Crippen LogP contribution in [0.3, 0.4) is 0 Å². The SMILES string of the molecule is CCCN(CCO)c1ccc(C(C)N)cc1F. The number of benzene rings is 1. The van der Waals surface area contributed by atoms with Gasteiger partial charge in [0.15, 0.2) is 0 Å². The summed E-state index contributed by atoms with van der Waals surface area (Å²) in [6.07, 6.45) is 0.911. The highest BCUT2D eigenvalue weighted by Crippen LogP contribution is 2.22. The van der Waals surface area contributed by atoms with Gasteiger partial charge in [0.2, 0.25) is 0 Å².